The van der Waals surface area contributed by atoms with Gasteiger partial charge in [-0.2, -0.15) is 0 Å². The molecule has 4 nitrogen and oxygen atoms in total. The molecule has 4 heterocycles. The van der Waals surface area contributed by atoms with Crippen LogP contribution >= 0.6 is 11.3 Å². The number of rotatable bonds is 3. The number of thiophene rings is 1. The van der Waals surface area contributed by atoms with Crippen molar-refractivity contribution in [3.05, 3.63) is 170 Å². The summed E-state index contributed by atoms with van der Waals surface area (Å²) in [6.07, 6.45) is 0. The molecule has 0 spiro atoms. The lowest BCUT2D eigenvalue weighted by Crippen LogP contribution is -2.03. The molecule has 12 aromatic rings. The number of nitrogens with zero attached hydrogens (tertiary/aromatic N) is 4. The Morgan fingerprint density at radius 2 is 1.11 bits per heavy atom. The lowest BCUT2D eigenvalue weighted by atomic mass is 10.0. The highest BCUT2D eigenvalue weighted by Gasteiger charge is 2.23. The third-order valence-corrected chi connectivity index (χ3v) is 12.1. The van der Waals surface area contributed by atoms with Gasteiger partial charge >= 0.3 is 0 Å². The van der Waals surface area contributed by atoms with E-state index in [0.29, 0.717) is 5.95 Å². The van der Waals surface area contributed by atoms with Crippen molar-refractivity contribution in [2.45, 2.75) is 0 Å². The molecule has 8 aromatic carbocycles. The van der Waals surface area contributed by atoms with Crippen LogP contribution in [-0.2, 0) is 0 Å². The fourth-order valence-corrected chi connectivity index (χ4v) is 9.86. The van der Waals surface area contributed by atoms with Crippen molar-refractivity contribution in [3.8, 4) is 22.9 Å². The quantitative estimate of drug-likeness (QED) is 0.185. The van der Waals surface area contributed by atoms with E-state index in [-0.39, 0.29) is 0 Å². The summed E-state index contributed by atoms with van der Waals surface area (Å²) < 4.78 is 7.35. The molecule has 5 heteroatoms. The van der Waals surface area contributed by atoms with Gasteiger partial charge in [-0.25, -0.2) is 9.97 Å². The van der Waals surface area contributed by atoms with Gasteiger partial charge in [-0.3, -0.25) is 4.57 Å². The van der Waals surface area contributed by atoms with E-state index in [1.807, 2.05) is 17.4 Å². The van der Waals surface area contributed by atoms with Gasteiger partial charge in [0.05, 0.1) is 38.0 Å². The summed E-state index contributed by atoms with van der Waals surface area (Å²) in [4.78, 5) is 10.6. The summed E-state index contributed by atoms with van der Waals surface area (Å²) in [7, 11) is 0. The second-order valence-electron chi connectivity index (χ2n) is 13.8. The topological polar surface area (TPSA) is 35.6 Å². The van der Waals surface area contributed by atoms with E-state index in [9.17, 15) is 0 Å². The first-order valence-electron chi connectivity index (χ1n) is 17.9. The van der Waals surface area contributed by atoms with Gasteiger partial charge in [-0.05, 0) is 53.2 Å². The lowest BCUT2D eigenvalue weighted by molar-refractivity contribution is 1.01. The number of para-hydroxylation sites is 3. The summed E-state index contributed by atoms with van der Waals surface area (Å²) in [6, 6.07) is 61.0. The Balaban J connectivity index is 1.24. The van der Waals surface area contributed by atoms with E-state index in [2.05, 4.69) is 173 Å². The molecule has 246 valence electrons. The average molecular weight is 693 g/mol. The Hall–Kier alpha value is -6.82. The zero-order chi connectivity index (χ0) is 34.6. The minimum atomic E-state index is 0.661. The van der Waals surface area contributed by atoms with Crippen LogP contribution in [0.25, 0.3) is 108 Å². The molecule has 0 N–H and O–H groups in total. The first kappa shape index (κ1) is 28.8. The first-order chi connectivity index (χ1) is 26.3. The zero-order valence-corrected chi connectivity index (χ0v) is 29.2. The fourth-order valence-electron chi connectivity index (χ4n) is 8.60. The molecule has 0 saturated carbocycles. The fraction of sp³-hybridized carbons (Fsp3) is 0. The van der Waals surface area contributed by atoms with E-state index < -0.39 is 0 Å². The second-order valence-corrected chi connectivity index (χ2v) is 14.8. The maximum atomic E-state index is 5.35. The van der Waals surface area contributed by atoms with Crippen molar-refractivity contribution in [2.24, 2.45) is 0 Å². The van der Waals surface area contributed by atoms with E-state index in [1.54, 1.807) is 0 Å². The van der Waals surface area contributed by atoms with Gasteiger partial charge in [-0.1, -0.05) is 127 Å². The standard InChI is InChI=1S/C48H28N4S/c1-3-14-30(15-4-1)45-35-20-9-11-21-39(35)49-48(50-45)52-40-22-12-10-19-33(40)37-27-38-34-24-25-36-44-32-18-8-7-13-29(32)23-26-43(44)53-47(36)46(34)51(41(38)28-42(37)52)31-16-5-2-6-17-31/h1-28H. The van der Waals surface area contributed by atoms with Gasteiger partial charge in [0.1, 0.15) is 0 Å². The van der Waals surface area contributed by atoms with Crippen LogP contribution < -0.4 is 0 Å². The van der Waals surface area contributed by atoms with Gasteiger partial charge in [0.15, 0.2) is 0 Å². The molecule has 0 aliphatic rings. The smallest absolute Gasteiger partial charge is 0.235 e. The summed E-state index contributed by atoms with van der Waals surface area (Å²) >= 11 is 1.89. The number of benzene rings is 8. The number of hydrogen-bond acceptors (Lipinski definition) is 3. The Bertz CT molecular complexity index is 3450. The summed E-state index contributed by atoms with van der Waals surface area (Å²) in [5.74, 6) is 0.661. The molecular formula is C48H28N4S. The minimum Gasteiger partial charge on any atom is -0.308 e. The van der Waals surface area contributed by atoms with Crippen molar-refractivity contribution in [1.82, 2.24) is 19.1 Å². The van der Waals surface area contributed by atoms with Crippen molar-refractivity contribution in [2.75, 3.05) is 0 Å². The number of fused-ring (bicyclic) bond motifs is 13. The molecule has 0 bridgehead atoms. The molecule has 0 saturated heterocycles. The molecule has 53 heavy (non-hydrogen) atoms. The van der Waals surface area contributed by atoms with Gasteiger partial charge in [0, 0.05) is 53.7 Å². The van der Waals surface area contributed by atoms with Gasteiger partial charge in [0.2, 0.25) is 5.95 Å². The lowest BCUT2D eigenvalue weighted by Gasteiger charge is -2.12. The van der Waals surface area contributed by atoms with Crippen LogP contribution in [0.2, 0.25) is 0 Å². The van der Waals surface area contributed by atoms with E-state index in [0.717, 1.165) is 44.4 Å². The van der Waals surface area contributed by atoms with E-state index >= 15 is 0 Å². The first-order valence-corrected chi connectivity index (χ1v) is 18.7. The average Bonchev–Trinajstić information content (AvgIpc) is 3.88. The van der Waals surface area contributed by atoms with Gasteiger partial charge in [-0.15, -0.1) is 11.3 Å². The molecule has 0 fully saturated rings. The third kappa shape index (κ3) is 4.05. The van der Waals surface area contributed by atoms with Crippen LogP contribution in [0.3, 0.4) is 0 Å². The van der Waals surface area contributed by atoms with Crippen molar-refractivity contribution >= 4 is 96.8 Å². The molecular weight excluding hydrogens is 665 g/mol. The van der Waals surface area contributed by atoms with Gasteiger partial charge in [0.25, 0.3) is 0 Å². The number of aromatic nitrogens is 4. The molecule has 12 rings (SSSR count). The highest BCUT2D eigenvalue weighted by molar-refractivity contribution is 7.26. The maximum absolute atomic E-state index is 5.35. The molecule has 0 radical (unpaired) electrons. The zero-order valence-electron chi connectivity index (χ0n) is 28.4. The second kappa shape index (κ2) is 10.8. The predicted octanol–water partition coefficient (Wildman–Crippen LogP) is 13.0. The van der Waals surface area contributed by atoms with Crippen LogP contribution in [-0.4, -0.2) is 19.1 Å². The van der Waals surface area contributed by atoms with Crippen molar-refractivity contribution in [1.29, 1.82) is 0 Å². The Morgan fingerprint density at radius 3 is 1.98 bits per heavy atom. The molecule has 0 aliphatic carbocycles. The Kier molecular flexibility index (Phi) is 5.90. The van der Waals surface area contributed by atoms with Crippen LogP contribution in [0, 0.1) is 0 Å². The van der Waals surface area contributed by atoms with Crippen molar-refractivity contribution < 1.29 is 0 Å². The van der Waals surface area contributed by atoms with Crippen LogP contribution in [0.1, 0.15) is 0 Å². The van der Waals surface area contributed by atoms with Gasteiger partial charge < -0.3 is 4.57 Å². The number of hydrogen-bond donors (Lipinski definition) is 0. The minimum absolute atomic E-state index is 0.661. The summed E-state index contributed by atoms with van der Waals surface area (Å²) in [5.41, 5.74) is 8.60. The maximum Gasteiger partial charge on any atom is 0.235 e. The monoisotopic (exact) mass is 692 g/mol. The molecule has 0 amide bonds. The van der Waals surface area contributed by atoms with Crippen LogP contribution in [0.15, 0.2) is 170 Å². The van der Waals surface area contributed by atoms with E-state index in [4.69, 9.17) is 9.97 Å². The van der Waals surface area contributed by atoms with Crippen molar-refractivity contribution in [3.63, 3.8) is 0 Å². The summed E-state index contributed by atoms with van der Waals surface area (Å²) in [6.45, 7) is 0. The molecule has 0 aliphatic heterocycles. The normalized spacial score (nSPS) is 12.2. The largest absolute Gasteiger partial charge is 0.308 e. The van der Waals surface area contributed by atoms with E-state index in [1.165, 1.54) is 58.0 Å². The Labute approximate surface area is 307 Å². The third-order valence-electron chi connectivity index (χ3n) is 10.9. The SMILES string of the molecule is c1ccc(-c2nc(-n3c4ccccc4c4cc5c6ccc7c(sc8ccc9ccccc9c87)c6n(-c6ccccc6)c5cc43)nc3ccccc23)cc1. The predicted molar refractivity (Wildman–Crippen MR) is 224 cm³/mol. The molecule has 0 unspecified atom stereocenters. The highest BCUT2D eigenvalue weighted by Crippen LogP contribution is 2.46. The van der Waals surface area contributed by atoms with Crippen LogP contribution in [0.4, 0.5) is 0 Å². The molecule has 0 atom stereocenters. The summed E-state index contributed by atoms with van der Waals surface area (Å²) in [5, 5.41) is 11.1. The molecule has 4 aromatic heterocycles. The van der Waals surface area contributed by atoms with Crippen LogP contribution in [0.5, 0.6) is 0 Å². The Morgan fingerprint density at radius 1 is 0.434 bits per heavy atom. The highest BCUT2D eigenvalue weighted by atomic mass is 32.1.